The predicted octanol–water partition coefficient (Wildman–Crippen LogP) is 3.49. The van der Waals surface area contributed by atoms with E-state index in [4.69, 9.17) is 4.42 Å². The molecule has 0 aromatic carbocycles. The number of furan rings is 1. The third kappa shape index (κ3) is 2.04. The summed E-state index contributed by atoms with van der Waals surface area (Å²) in [5.41, 5.74) is 0. The Balaban J connectivity index is 2.08. The minimum Gasteiger partial charge on any atom is -0.466 e. The van der Waals surface area contributed by atoms with Gasteiger partial charge in [0.25, 0.3) is 0 Å². The Hall–Kier alpha value is -0.280. The molecule has 1 N–H and O–H groups in total. The Morgan fingerprint density at radius 3 is 3.14 bits per heavy atom. The van der Waals surface area contributed by atoms with Crippen molar-refractivity contribution in [3.05, 3.63) is 22.6 Å². The molecule has 2 atom stereocenters. The monoisotopic (exact) mass is 257 g/mol. The molecule has 0 saturated carbocycles. The van der Waals surface area contributed by atoms with E-state index < -0.39 is 0 Å². The Bertz CT molecular complexity index is 297. The topological polar surface area (TPSA) is 25.2 Å². The smallest absolute Gasteiger partial charge is 0.134 e. The normalized spacial score (nSPS) is 27.9. The summed E-state index contributed by atoms with van der Waals surface area (Å²) >= 11 is 3.51. The molecule has 2 rings (SSSR count). The number of nitrogens with one attached hydrogen (secondary N) is 1. The van der Waals surface area contributed by atoms with E-state index >= 15 is 0 Å². The van der Waals surface area contributed by atoms with E-state index in [-0.39, 0.29) is 0 Å². The van der Waals surface area contributed by atoms with E-state index in [9.17, 15) is 0 Å². The SMILES string of the molecule is CCC1CCNC(c2occc2Br)C1. The number of piperidine rings is 1. The van der Waals surface area contributed by atoms with Gasteiger partial charge in [-0.1, -0.05) is 13.3 Å². The number of halogens is 1. The Morgan fingerprint density at radius 2 is 2.50 bits per heavy atom. The highest BCUT2D eigenvalue weighted by Gasteiger charge is 2.24. The summed E-state index contributed by atoms with van der Waals surface area (Å²) in [5.74, 6) is 1.90. The fourth-order valence-corrected chi connectivity index (χ4v) is 2.60. The molecular weight excluding hydrogens is 242 g/mol. The van der Waals surface area contributed by atoms with Crippen molar-refractivity contribution >= 4 is 15.9 Å². The van der Waals surface area contributed by atoms with Crippen LogP contribution in [-0.2, 0) is 0 Å². The van der Waals surface area contributed by atoms with Crippen molar-refractivity contribution in [2.75, 3.05) is 6.54 Å². The summed E-state index contributed by atoms with van der Waals surface area (Å²) in [6, 6.07) is 2.37. The van der Waals surface area contributed by atoms with Crippen LogP contribution in [0.3, 0.4) is 0 Å². The average molecular weight is 258 g/mol. The minimum absolute atomic E-state index is 0.401. The van der Waals surface area contributed by atoms with E-state index in [0.717, 1.165) is 22.7 Å². The molecule has 1 aliphatic heterocycles. The molecule has 0 radical (unpaired) electrons. The third-order valence-electron chi connectivity index (χ3n) is 3.05. The van der Waals surface area contributed by atoms with E-state index in [1.807, 2.05) is 6.07 Å². The van der Waals surface area contributed by atoms with Crippen molar-refractivity contribution in [2.24, 2.45) is 5.92 Å². The van der Waals surface area contributed by atoms with Crippen LogP contribution in [-0.4, -0.2) is 6.54 Å². The van der Waals surface area contributed by atoms with Crippen LogP contribution in [0.2, 0.25) is 0 Å². The Morgan fingerprint density at radius 1 is 1.64 bits per heavy atom. The fraction of sp³-hybridized carbons (Fsp3) is 0.636. The molecule has 1 saturated heterocycles. The molecule has 0 spiro atoms. The van der Waals surface area contributed by atoms with Crippen molar-refractivity contribution in [1.82, 2.24) is 5.32 Å². The molecule has 0 aliphatic carbocycles. The van der Waals surface area contributed by atoms with Gasteiger partial charge in [-0.15, -0.1) is 0 Å². The van der Waals surface area contributed by atoms with E-state index in [1.165, 1.54) is 19.3 Å². The van der Waals surface area contributed by atoms with Gasteiger partial charge in [-0.25, -0.2) is 0 Å². The first-order chi connectivity index (χ1) is 6.81. The van der Waals surface area contributed by atoms with Crippen molar-refractivity contribution < 1.29 is 4.42 Å². The van der Waals surface area contributed by atoms with Gasteiger partial charge >= 0.3 is 0 Å². The maximum Gasteiger partial charge on any atom is 0.134 e. The molecule has 2 unspecified atom stereocenters. The van der Waals surface area contributed by atoms with Crippen LogP contribution >= 0.6 is 15.9 Å². The van der Waals surface area contributed by atoms with Crippen molar-refractivity contribution in [1.29, 1.82) is 0 Å². The molecule has 2 heterocycles. The van der Waals surface area contributed by atoms with Gasteiger partial charge < -0.3 is 9.73 Å². The second-order valence-electron chi connectivity index (χ2n) is 3.94. The van der Waals surface area contributed by atoms with Crippen molar-refractivity contribution in [3.8, 4) is 0 Å². The molecule has 1 fully saturated rings. The maximum absolute atomic E-state index is 5.49. The third-order valence-corrected chi connectivity index (χ3v) is 3.71. The summed E-state index contributed by atoms with van der Waals surface area (Å²) < 4.78 is 6.58. The van der Waals surface area contributed by atoms with Gasteiger partial charge in [0.15, 0.2) is 0 Å². The first-order valence-corrected chi connectivity index (χ1v) is 6.06. The second kappa shape index (κ2) is 4.49. The van der Waals surface area contributed by atoms with Crippen LogP contribution < -0.4 is 5.32 Å². The van der Waals surface area contributed by atoms with E-state index in [0.29, 0.717) is 6.04 Å². The first-order valence-electron chi connectivity index (χ1n) is 5.27. The molecule has 1 aromatic rings. The lowest BCUT2D eigenvalue weighted by Gasteiger charge is -2.28. The zero-order chi connectivity index (χ0) is 9.97. The first kappa shape index (κ1) is 10.2. The van der Waals surface area contributed by atoms with Gasteiger partial charge in [0.1, 0.15) is 5.76 Å². The second-order valence-corrected chi connectivity index (χ2v) is 4.79. The van der Waals surface area contributed by atoms with Gasteiger partial charge in [0, 0.05) is 0 Å². The number of hydrogen-bond acceptors (Lipinski definition) is 2. The molecule has 78 valence electrons. The van der Waals surface area contributed by atoms with Gasteiger partial charge in [-0.3, -0.25) is 0 Å². The molecule has 1 aromatic heterocycles. The van der Waals surface area contributed by atoms with Crippen LogP contribution in [0.1, 0.15) is 38.0 Å². The fourth-order valence-electron chi connectivity index (χ4n) is 2.12. The lowest BCUT2D eigenvalue weighted by molar-refractivity contribution is 0.269. The molecule has 3 heteroatoms. The molecule has 1 aliphatic rings. The van der Waals surface area contributed by atoms with Gasteiger partial charge in [0.05, 0.1) is 16.8 Å². The number of rotatable bonds is 2. The summed E-state index contributed by atoms with van der Waals surface area (Å²) in [5, 5.41) is 3.50. The highest BCUT2D eigenvalue weighted by molar-refractivity contribution is 9.10. The van der Waals surface area contributed by atoms with Gasteiger partial charge in [-0.05, 0) is 47.3 Å². The summed E-state index contributed by atoms with van der Waals surface area (Å²) in [6.07, 6.45) is 5.51. The highest BCUT2D eigenvalue weighted by atomic mass is 79.9. The molecule has 2 nitrogen and oxygen atoms in total. The van der Waals surface area contributed by atoms with E-state index in [1.54, 1.807) is 6.26 Å². The van der Waals surface area contributed by atoms with Crippen LogP contribution in [0.25, 0.3) is 0 Å². The van der Waals surface area contributed by atoms with Crippen LogP contribution in [0.5, 0.6) is 0 Å². The van der Waals surface area contributed by atoms with Crippen LogP contribution in [0, 0.1) is 5.92 Å². The molecular formula is C11H16BrNO. The minimum atomic E-state index is 0.401. The Kier molecular flexibility index (Phi) is 3.29. The highest BCUT2D eigenvalue weighted by Crippen LogP contribution is 2.33. The molecule has 0 amide bonds. The maximum atomic E-state index is 5.49. The zero-order valence-corrected chi connectivity index (χ0v) is 10.0. The average Bonchev–Trinajstić information content (AvgIpc) is 2.65. The molecule has 0 bridgehead atoms. The summed E-state index contributed by atoms with van der Waals surface area (Å²) in [6.45, 7) is 3.38. The lowest BCUT2D eigenvalue weighted by atomic mass is 9.89. The van der Waals surface area contributed by atoms with Crippen molar-refractivity contribution in [2.45, 2.75) is 32.2 Å². The van der Waals surface area contributed by atoms with Crippen LogP contribution in [0.15, 0.2) is 21.2 Å². The predicted molar refractivity (Wildman–Crippen MR) is 60.2 cm³/mol. The lowest BCUT2D eigenvalue weighted by Crippen LogP contribution is -2.31. The molecule has 14 heavy (non-hydrogen) atoms. The van der Waals surface area contributed by atoms with Crippen LogP contribution in [0.4, 0.5) is 0 Å². The standard InChI is InChI=1S/C11H16BrNO/c1-2-8-3-5-13-10(7-8)11-9(12)4-6-14-11/h4,6,8,10,13H,2-3,5,7H2,1H3. The van der Waals surface area contributed by atoms with Crippen molar-refractivity contribution in [3.63, 3.8) is 0 Å². The zero-order valence-electron chi connectivity index (χ0n) is 8.42. The summed E-state index contributed by atoms with van der Waals surface area (Å²) in [4.78, 5) is 0. The van der Waals surface area contributed by atoms with Gasteiger partial charge in [0.2, 0.25) is 0 Å². The largest absolute Gasteiger partial charge is 0.466 e. The quantitative estimate of drug-likeness (QED) is 0.878. The van der Waals surface area contributed by atoms with Gasteiger partial charge in [-0.2, -0.15) is 0 Å². The summed E-state index contributed by atoms with van der Waals surface area (Å²) in [7, 11) is 0. The number of hydrogen-bond donors (Lipinski definition) is 1. The Labute approximate surface area is 93.2 Å². The van der Waals surface area contributed by atoms with E-state index in [2.05, 4.69) is 28.2 Å².